The maximum atomic E-state index is 14.0. The van der Waals surface area contributed by atoms with E-state index >= 15 is 0 Å². The summed E-state index contributed by atoms with van der Waals surface area (Å²) in [5.74, 6) is 0.188. The monoisotopic (exact) mass is 381 g/mol. The lowest BCUT2D eigenvalue weighted by atomic mass is 10.2. The van der Waals surface area contributed by atoms with Crippen molar-refractivity contribution in [2.24, 2.45) is 0 Å². The van der Waals surface area contributed by atoms with Crippen LogP contribution in [0.25, 0.3) is 21.9 Å². The maximum Gasteiger partial charge on any atom is 0.161 e. The Labute approximate surface area is 160 Å². The van der Waals surface area contributed by atoms with E-state index in [4.69, 9.17) is 0 Å². The normalized spacial score (nSPS) is 12.0. The first-order chi connectivity index (χ1) is 12.8. The van der Waals surface area contributed by atoms with Crippen LogP contribution in [0.1, 0.15) is 26.5 Å². The molecule has 2 N–H and O–H groups in total. The van der Waals surface area contributed by atoms with Gasteiger partial charge in [-0.05, 0) is 37.3 Å². The molecule has 0 saturated carbocycles. The minimum absolute atomic E-state index is 0.114. The number of H-pyrrole nitrogens is 1. The maximum absolute atomic E-state index is 14.0. The molecule has 7 heteroatoms. The number of fused-ring (bicyclic) bond motifs is 2. The zero-order valence-electron chi connectivity index (χ0n) is 15.6. The largest absolute Gasteiger partial charge is 0.338 e. The van der Waals surface area contributed by atoms with Gasteiger partial charge in [-0.3, -0.25) is 10.1 Å². The summed E-state index contributed by atoms with van der Waals surface area (Å²) >= 11 is 1.80. The molecular weight excluding hydrogens is 361 g/mol. The molecule has 0 aliphatic rings. The van der Waals surface area contributed by atoms with Gasteiger partial charge < -0.3 is 5.32 Å². The third-order valence-corrected chi connectivity index (χ3v) is 5.17. The molecular formula is C20H20FN5S. The Bertz CT molecular complexity index is 1150. The number of thioether (sulfide) groups is 1. The summed E-state index contributed by atoms with van der Waals surface area (Å²) in [6.45, 7) is 8.19. The number of nitrogens with one attached hydrogen (secondary N) is 2. The predicted octanol–water partition coefficient (Wildman–Crippen LogP) is 5.59. The Kier molecular flexibility index (Phi) is 4.26. The van der Waals surface area contributed by atoms with Crippen molar-refractivity contribution in [3.8, 4) is 0 Å². The van der Waals surface area contributed by atoms with Crippen LogP contribution in [0.3, 0.4) is 0 Å². The number of pyridine rings is 2. The van der Waals surface area contributed by atoms with E-state index in [9.17, 15) is 4.39 Å². The van der Waals surface area contributed by atoms with E-state index in [1.807, 2.05) is 12.1 Å². The molecule has 0 unspecified atom stereocenters. The highest BCUT2D eigenvalue weighted by atomic mass is 32.2. The number of aromatic nitrogens is 4. The third kappa shape index (κ3) is 3.60. The van der Waals surface area contributed by atoms with E-state index in [0.717, 1.165) is 16.6 Å². The van der Waals surface area contributed by atoms with Crippen molar-refractivity contribution in [1.29, 1.82) is 0 Å². The Morgan fingerprint density at radius 1 is 1.11 bits per heavy atom. The van der Waals surface area contributed by atoms with Crippen molar-refractivity contribution in [3.63, 3.8) is 0 Å². The second-order valence-electron chi connectivity index (χ2n) is 7.40. The van der Waals surface area contributed by atoms with Crippen LogP contribution in [-0.2, 0) is 0 Å². The van der Waals surface area contributed by atoms with Gasteiger partial charge >= 0.3 is 0 Å². The summed E-state index contributed by atoms with van der Waals surface area (Å²) in [6.07, 6.45) is 1.75. The highest BCUT2D eigenvalue weighted by Gasteiger charge is 2.15. The molecule has 27 heavy (non-hydrogen) atoms. The number of aryl methyl sites for hydroxylation is 1. The van der Waals surface area contributed by atoms with Gasteiger partial charge in [0.2, 0.25) is 0 Å². The van der Waals surface area contributed by atoms with Crippen molar-refractivity contribution < 1.29 is 4.39 Å². The first-order valence-corrected chi connectivity index (χ1v) is 9.48. The van der Waals surface area contributed by atoms with Crippen LogP contribution in [0.4, 0.5) is 15.9 Å². The predicted molar refractivity (Wildman–Crippen MR) is 109 cm³/mol. The number of halogens is 1. The number of aromatic amines is 1. The Balaban J connectivity index is 1.77. The Morgan fingerprint density at radius 2 is 1.93 bits per heavy atom. The van der Waals surface area contributed by atoms with Gasteiger partial charge in [-0.15, -0.1) is 11.8 Å². The third-order valence-electron chi connectivity index (χ3n) is 4.07. The van der Waals surface area contributed by atoms with Crippen LogP contribution < -0.4 is 5.32 Å². The summed E-state index contributed by atoms with van der Waals surface area (Å²) < 4.78 is 14.1. The van der Waals surface area contributed by atoms with Crippen molar-refractivity contribution in [2.75, 3.05) is 5.32 Å². The minimum atomic E-state index is -0.351. The summed E-state index contributed by atoms with van der Waals surface area (Å²) in [7, 11) is 0. The van der Waals surface area contributed by atoms with Gasteiger partial charge in [0.25, 0.3) is 0 Å². The van der Waals surface area contributed by atoms with Crippen LogP contribution in [0.2, 0.25) is 0 Å². The lowest BCUT2D eigenvalue weighted by molar-refractivity contribution is 0.613. The number of rotatable bonds is 3. The number of hydrogen-bond acceptors (Lipinski definition) is 5. The summed E-state index contributed by atoms with van der Waals surface area (Å²) in [6, 6.07) is 9.57. The number of anilines is 2. The molecule has 3 aromatic heterocycles. The molecule has 0 aliphatic carbocycles. The van der Waals surface area contributed by atoms with Crippen molar-refractivity contribution in [2.45, 2.75) is 37.3 Å². The first-order valence-electron chi connectivity index (χ1n) is 8.66. The van der Waals surface area contributed by atoms with E-state index in [0.29, 0.717) is 22.5 Å². The van der Waals surface area contributed by atoms with Crippen LogP contribution in [0.5, 0.6) is 0 Å². The molecule has 0 saturated heterocycles. The summed E-state index contributed by atoms with van der Waals surface area (Å²) in [5.41, 5.74) is 2.65. The van der Waals surface area contributed by atoms with Crippen LogP contribution in [0, 0.1) is 12.7 Å². The number of benzene rings is 1. The summed E-state index contributed by atoms with van der Waals surface area (Å²) in [4.78, 5) is 9.82. The van der Waals surface area contributed by atoms with Gasteiger partial charge in [0.1, 0.15) is 5.82 Å². The van der Waals surface area contributed by atoms with Gasteiger partial charge in [0, 0.05) is 21.2 Å². The molecule has 5 nitrogen and oxygen atoms in total. The van der Waals surface area contributed by atoms with Gasteiger partial charge in [0.05, 0.1) is 22.3 Å². The number of hydrogen-bond donors (Lipinski definition) is 2. The molecule has 0 fully saturated rings. The average Bonchev–Trinajstić information content (AvgIpc) is 2.96. The zero-order valence-corrected chi connectivity index (χ0v) is 16.4. The fourth-order valence-corrected chi connectivity index (χ4v) is 3.91. The van der Waals surface area contributed by atoms with E-state index < -0.39 is 0 Å². The second-order valence-corrected chi connectivity index (χ2v) is 9.30. The number of nitrogens with zero attached hydrogens (tertiary/aromatic N) is 3. The summed E-state index contributed by atoms with van der Waals surface area (Å²) in [5, 5.41) is 12.0. The quantitative estimate of drug-likeness (QED) is 0.453. The molecule has 0 radical (unpaired) electrons. The van der Waals surface area contributed by atoms with Crippen molar-refractivity contribution >= 4 is 45.2 Å². The molecule has 0 aliphatic heterocycles. The van der Waals surface area contributed by atoms with E-state index in [1.165, 1.54) is 11.0 Å². The van der Waals surface area contributed by atoms with Crippen molar-refractivity contribution in [3.05, 3.63) is 48.0 Å². The molecule has 4 rings (SSSR count). The van der Waals surface area contributed by atoms with Gasteiger partial charge in [-0.25, -0.2) is 9.37 Å². The van der Waals surface area contributed by atoms with E-state index in [2.05, 4.69) is 58.4 Å². The van der Waals surface area contributed by atoms with Crippen LogP contribution in [-0.4, -0.2) is 24.9 Å². The molecule has 0 amide bonds. The molecule has 0 spiro atoms. The second kappa shape index (κ2) is 6.49. The molecule has 3 heterocycles. The topological polar surface area (TPSA) is 66.5 Å². The standard InChI is InChI=1S/C20H20FN5S/c1-11-15(21)10-14-18(23-11)25-26-19(14)24-17-7-8-22-16-6-5-12(9-13(16)17)27-20(2,3)4/h5-10H,1-4H3,(H2,22,23,24,25,26). The lowest BCUT2D eigenvalue weighted by Gasteiger charge is -2.18. The molecule has 4 aromatic rings. The van der Waals surface area contributed by atoms with Crippen LogP contribution >= 0.6 is 11.8 Å². The van der Waals surface area contributed by atoms with E-state index in [-0.39, 0.29) is 10.6 Å². The highest BCUT2D eigenvalue weighted by Crippen LogP contribution is 2.35. The molecule has 1 aromatic carbocycles. The smallest absolute Gasteiger partial charge is 0.161 e. The van der Waals surface area contributed by atoms with Gasteiger partial charge in [-0.1, -0.05) is 20.8 Å². The molecule has 0 atom stereocenters. The fourth-order valence-electron chi connectivity index (χ4n) is 2.89. The van der Waals surface area contributed by atoms with E-state index in [1.54, 1.807) is 24.9 Å². The van der Waals surface area contributed by atoms with Gasteiger partial charge in [0.15, 0.2) is 11.5 Å². The molecule has 0 bridgehead atoms. The minimum Gasteiger partial charge on any atom is -0.338 e. The SMILES string of the molecule is Cc1nc2[nH]nc(Nc3ccnc4ccc(SC(C)(C)C)cc34)c2cc1F. The molecule has 138 valence electrons. The Hall–Kier alpha value is -2.67. The fraction of sp³-hybridized carbons (Fsp3) is 0.250. The van der Waals surface area contributed by atoms with Crippen LogP contribution in [0.15, 0.2) is 41.4 Å². The highest BCUT2D eigenvalue weighted by molar-refractivity contribution is 8.00. The average molecular weight is 381 g/mol. The first kappa shape index (κ1) is 17.7. The Morgan fingerprint density at radius 3 is 2.70 bits per heavy atom. The van der Waals surface area contributed by atoms with Crippen molar-refractivity contribution in [1.82, 2.24) is 20.2 Å². The van der Waals surface area contributed by atoms with Gasteiger partial charge in [-0.2, -0.15) is 5.10 Å². The lowest BCUT2D eigenvalue weighted by Crippen LogP contribution is -2.06. The zero-order chi connectivity index (χ0) is 19.2.